The van der Waals surface area contributed by atoms with Crippen molar-refractivity contribution >= 4 is 28.9 Å². The van der Waals surface area contributed by atoms with Gasteiger partial charge in [-0.1, -0.05) is 6.92 Å². The second kappa shape index (κ2) is 7.53. The Hall–Kier alpha value is -2.28. The van der Waals surface area contributed by atoms with Gasteiger partial charge in [0.25, 0.3) is 5.91 Å². The third kappa shape index (κ3) is 4.17. The summed E-state index contributed by atoms with van der Waals surface area (Å²) in [5, 5.41) is 2.21. The van der Waals surface area contributed by atoms with Crippen LogP contribution in [0.25, 0.3) is 0 Å². The van der Waals surface area contributed by atoms with Gasteiger partial charge >= 0.3 is 5.97 Å². The van der Waals surface area contributed by atoms with Crippen LogP contribution in [0.5, 0.6) is 0 Å². The van der Waals surface area contributed by atoms with Gasteiger partial charge in [-0.15, -0.1) is 11.3 Å². The summed E-state index contributed by atoms with van der Waals surface area (Å²) < 4.78 is 31.7. The van der Waals surface area contributed by atoms with Gasteiger partial charge in [0, 0.05) is 10.9 Å². The number of thiophene rings is 1. The van der Waals surface area contributed by atoms with Crippen molar-refractivity contribution < 1.29 is 23.1 Å². The molecule has 0 aliphatic heterocycles. The molecule has 0 unspecified atom stereocenters. The highest BCUT2D eigenvalue weighted by Crippen LogP contribution is 2.23. The molecule has 1 aromatic heterocycles. The van der Waals surface area contributed by atoms with E-state index in [0.717, 1.165) is 35.1 Å². The molecule has 4 nitrogen and oxygen atoms in total. The number of anilines is 1. The predicted molar refractivity (Wildman–Crippen MR) is 88.3 cm³/mol. The van der Waals surface area contributed by atoms with Crippen LogP contribution in [0.1, 0.15) is 34.0 Å². The minimum absolute atomic E-state index is 0.303. The van der Waals surface area contributed by atoms with E-state index in [9.17, 15) is 18.4 Å². The van der Waals surface area contributed by atoms with Crippen molar-refractivity contribution in [1.82, 2.24) is 0 Å². The van der Waals surface area contributed by atoms with E-state index in [1.165, 1.54) is 18.3 Å². The minimum atomic E-state index is -1.15. The van der Waals surface area contributed by atoms with E-state index in [2.05, 4.69) is 5.32 Å². The van der Waals surface area contributed by atoms with Crippen LogP contribution in [0.3, 0.4) is 0 Å². The molecule has 0 bridgehead atoms. The number of carbonyl (C=O) groups excluding carboxylic acids is 2. The molecule has 7 heteroatoms. The zero-order chi connectivity index (χ0) is 17.9. The first-order valence-corrected chi connectivity index (χ1v) is 8.19. The highest BCUT2D eigenvalue weighted by atomic mass is 32.1. The van der Waals surface area contributed by atoms with Gasteiger partial charge in [-0.3, -0.25) is 4.79 Å². The second-order valence-corrected chi connectivity index (χ2v) is 6.37. The highest BCUT2D eigenvalue weighted by Gasteiger charge is 2.22. The third-order valence-corrected chi connectivity index (χ3v) is 4.74. The zero-order valence-electron chi connectivity index (χ0n) is 13.5. The Morgan fingerprint density at radius 1 is 1.29 bits per heavy atom. The van der Waals surface area contributed by atoms with E-state index in [1.54, 1.807) is 6.07 Å². The number of rotatable bonds is 5. The number of ether oxygens (including phenoxy) is 1. The first-order chi connectivity index (χ1) is 11.3. The molecule has 2 aromatic rings. The fraction of sp³-hybridized carbons (Fsp3) is 0.294. The topological polar surface area (TPSA) is 55.4 Å². The molecule has 0 aliphatic rings. The van der Waals surface area contributed by atoms with Gasteiger partial charge in [-0.05, 0) is 44.0 Å². The van der Waals surface area contributed by atoms with Gasteiger partial charge < -0.3 is 10.1 Å². The normalized spacial score (nSPS) is 11.9. The lowest BCUT2D eigenvalue weighted by Gasteiger charge is -2.13. The Labute approximate surface area is 142 Å². The molecule has 1 heterocycles. The van der Waals surface area contributed by atoms with Crippen LogP contribution in [-0.4, -0.2) is 18.0 Å². The Balaban J connectivity index is 2.02. The third-order valence-electron chi connectivity index (χ3n) is 3.38. The molecule has 1 atom stereocenters. The van der Waals surface area contributed by atoms with Crippen LogP contribution in [-0.2, 0) is 16.0 Å². The maximum absolute atomic E-state index is 13.5. The van der Waals surface area contributed by atoms with Crippen LogP contribution in [0.2, 0.25) is 0 Å². The van der Waals surface area contributed by atoms with Crippen molar-refractivity contribution in [2.45, 2.75) is 33.3 Å². The SMILES string of the molecule is CCc1sc(C(=O)O[C@@H](C)C(=O)Nc2cc(F)ccc2F)cc1C. The number of aryl methyl sites for hydroxylation is 2. The summed E-state index contributed by atoms with van der Waals surface area (Å²) in [6.07, 6.45) is -0.341. The number of hydrogen-bond acceptors (Lipinski definition) is 4. The van der Waals surface area contributed by atoms with Crippen molar-refractivity contribution in [2.24, 2.45) is 0 Å². The van der Waals surface area contributed by atoms with Crippen LogP contribution in [0, 0.1) is 18.6 Å². The van der Waals surface area contributed by atoms with Crippen LogP contribution >= 0.6 is 11.3 Å². The summed E-state index contributed by atoms with van der Waals surface area (Å²) in [6, 6.07) is 4.42. The predicted octanol–water partition coefficient (Wildman–Crippen LogP) is 4.08. The van der Waals surface area contributed by atoms with Crippen molar-refractivity contribution in [3.05, 3.63) is 51.2 Å². The van der Waals surface area contributed by atoms with Gasteiger partial charge in [0.1, 0.15) is 16.5 Å². The van der Waals surface area contributed by atoms with E-state index >= 15 is 0 Å². The quantitative estimate of drug-likeness (QED) is 0.824. The average Bonchev–Trinajstić information content (AvgIpc) is 2.92. The molecular weight excluding hydrogens is 336 g/mol. The second-order valence-electron chi connectivity index (χ2n) is 5.23. The Kier molecular flexibility index (Phi) is 5.66. The molecule has 0 saturated heterocycles. The summed E-state index contributed by atoms with van der Waals surface area (Å²) in [6.45, 7) is 5.25. The monoisotopic (exact) mass is 353 g/mol. The van der Waals surface area contributed by atoms with Gasteiger partial charge in [-0.25, -0.2) is 13.6 Å². The van der Waals surface area contributed by atoms with Crippen LogP contribution in [0.4, 0.5) is 14.5 Å². The molecule has 0 spiro atoms. The van der Waals surface area contributed by atoms with E-state index in [0.29, 0.717) is 4.88 Å². The first-order valence-electron chi connectivity index (χ1n) is 7.38. The summed E-state index contributed by atoms with van der Waals surface area (Å²) in [4.78, 5) is 25.6. The number of esters is 1. The van der Waals surface area contributed by atoms with Crippen molar-refractivity contribution in [3.63, 3.8) is 0 Å². The minimum Gasteiger partial charge on any atom is -0.448 e. The zero-order valence-corrected chi connectivity index (χ0v) is 14.3. The molecule has 24 heavy (non-hydrogen) atoms. The fourth-order valence-corrected chi connectivity index (χ4v) is 3.07. The molecule has 0 saturated carbocycles. The van der Waals surface area contributed by atoms with Crippen LogP contribution < -0.4 is 5.32 Å². The molecule has 0 fully saturated rings. The molecule has 0 aliphatic carbocycles. The average molecular weight is 353 g/mol. The number of amides is 1. The summed E-state index contributed by atoms with van der Waals surface area (Å²) in [7, 11) is 0. The number of nitrogens with one attached hydrogen (secondary N) is 1. The number of halogens is 2. The van der Waals surface area contributed by atoms with E-state index in [1.807, 2.05) is 13.8 Å². The lowest BCUT2D eigenvalue weighted by molar-refractivity contribution is -0.123. The Morgan fingerprint density at radius 3 is 2.62 bits per heavy atom. The summed E-state index contributed by atoms with van der Waals surface area (Å²) >= 11 is 1.31. The van der Waals surface area contributed by atoms with Gasteiger partial charge in [0.15, 0.2) is 6.10 Å². The van der Waals surface area contributed by atoms with Crippen molar-refractivity contribution in [1.29, 1.82) is 0 Å². The summed E-state index contributed by atoms with van der Waals surface area (Å²) in [5.74, 6) is -2.82. The molecule has 1 amide bonds. The summed E-state index contributed by atoms with van der Waals surface area (Å²) in [5.41, 5.74) is 0.691. The maximum atomic E-state index is 13.5. The molecule has 0 radical (unpaired) electrons. The lowest BCUT2D eigenvalue weighted by atomic mass is 10.2. The lowest BCUT2D eigenvalue weighted by Crippen LogP contribution is -2.30. The smallest absolute Gasteiger partial charge is 0.349 e. The number of benzene rings is 1. The van der Waals surface area contributed by atoms with Crippen molar-refractivity contribution in [3.8, 4) is 0 Å². The molecule has 128 valence electrons. The van der Waals surface area contributed by atoms with Gasteiger partial charge in [0.2, 0.25) is 0 Å². The number of carbonyl (C=O) groups is 2. The standard InChI is InChI=1S/C17H17F2NO3S/c1-4-14-9(2)7-15(24-14)17(22)23-10(3)16(21)20-13-8-11(18)5-6-12(13)19/h5-8,10H,4H2,1-3H3,(H,20,21)/t10-/m0/s1. The molecule has 1 aromatic carbocycles. The Morgan fingerprint density at radius 2 is 2.00 bits per heavy atom. The highest BCUT2D eigenvalue weighted by molar-refractivity contribution is 7.14. The maximum Gasteiger partial charge on any atom is 0.349 e. The van der Waals surface area contributed by atoms with Crippen molar-refractivity contribution in [2.75, 3.05) is 5.32 Å². The fourth-order valence-electron chi connectivity index (χ4n) is 2.07. The molecule has 1 N–H and O–H groups in total. The van der Waals surface area contributed by atoms with E-state index < -0.39 is 29.6 Å². The van der Waals surface area contributed by atoms with E-state index in [-0.39, 0.29) is 5.69 Å². The largest absolute Gasteiger partial charge is 0.448 e. The number of hydrogen-bond donors (Lipinski definition) is 1. The molecular formula is C17H17F2NO3S. The van der Waals surface area contributed by atoms with E-state index in [4.69, 9.17) is 4.74 Å². The Bertz CT molecular complexity index is 773. The van der Waals surface area contributed by atoms with Gasteiger partial charge in [0.05, 0.1) is 5.69 Å². The first kappa shape index (κ1) is 18.1. The van der Waals surface area contributed by atoms with Crippen LogP contribution in [0.15, 0.2) is 24.3 Å². The van der Waals surface area contributed by atoms with Gasteiger partial charge in [-0.2, -0.15) is 0 Å². The molecule has 2 rings (SSSR count).